The highest BCUT2D eigenvalue weighted by Crippen LogP contribution is 2.27. The van der Waals surface area contributed by atoms with Gasteiger partial charge in [0.25, 0.3) is 0 Å². The summed E-state index contributed by atoms with van der Waals surface area (Å²) < 4.78 is 52.6. The van der Waals surface area contributed by atoms with E-state index in [1.165, 1.54) is 12.1 Å². The first-order valence-electron chi connectivity index (χ1n) is 5.20. The van der Waals surface area contributed by atoms with Crippen LogP contribution in [0.2, 0.25) is 0 Å². The number of nitro groups is 1. The van der Waals surface area contributed by atoms with E-state index in [9.17, 15) is 27.7 Å². The Morgan fingerprint density at radius 1 is 1.15 bits per heavy atom. The van der Waals surface area contributed by atoms with Gasteiger partial charge in [-0.3, -0.25) is 10.1 Å². The summed E-state index contributed by atoms with van der Waals surface area (Å²) in [4.78, 5) is 10.2. The van der Waals surface area contributed by atoms with Gasteiger partial charge >= 0.3 is 5.00 Å². The van der Waals surface area contributed by atoms with Crippen LogP contribution < -0.4 is 5.32 Å². The normalized spacial score (nSPS) is 10.6. The molecule has 0 spiro atoms. The summed E-state index contributed by atoms with van der Waals surface area (Å²) in [5.41, 5.74) is -0.946. The zero-order valence-electron chi connectivity index (χ0n) is 9.62. The Labute approximate surface area is 113 Å². The van der Waals surface area contributed by atoms with E-state index in [4.69, 9.17) is 0 Å². The van der Waals surface area contributed by atoms with Crippen molar-refractivity contribution in [2.45, 2.75) is 6.54 Å². The highest BCUT2D eigenvalue weighted by Gasteiger charge is 2.19. The van der Waals surface area contributed by atoms with Crippen LogP contribution in [0, 0.1) is 33.4 Å². The molecule has 2 aromatic rings. The topological polar surface area (TPSA) is 55.2 Å². The molecule has 0 saturated carbocycles. The molecule has 0 saturated heterocycles. The van der Waals surface area contributed by atoms with E-state index in [-0.39, 0.29) is 17.6 Å². The Balaban J connectivity index is 2.20. The second kappa shape index (κ2) is 5.45. The van der Waals surface area contributed by atoms with Gasteiger partial charge in [-0.15, -0.1) is 0 Å². The molecule has 1 aromatic carbocycles. The van der Waals surface area contributed by atoms with E-state index in [0.717, 1.165) is 11.3 Å². The molecular weight excluding hydrogens is 300 g/mol. The van der Waals surface area contributed by atoms with Crippen LogP contribution >= 0.6 is 11.3 Å². The number of benzene rings is 1. The standard InChI is InChI=1S/C11H6F4N2O2S/c12-6-3-7(13)10(15)11(9(6)14)16-4-5-1-2-8(20-5)17(18)19/h1-3,16H,4H2. The van der Waals surface area contributed by atoms with Crippen LogP contribution in [0.3, 0.4) is 0 Å². The van der Waals surface area contributed by atoms with Crippen molar-refractivity contribution in [2.75, 3.05) is 5.32 Å². The van der Waals surface area contributed by atoms with Gasteiger partial charge in [0, 0.05) is 23.6 Å². The molecule has 0 amide bonds. The van der Waals surface area contributed by atoms with Crippen molar-refractivity contribution < 1.29 is 22.5 Å². The summed E-state index contributed by atoms with van der Waals surface area (Å²) in [5, 5.41) is 12.5. The number of nitrogens with zero attached hydrogens (tertiary/aromatic N) is 1. The first kappa shape index (κ1) is 14.3. The van der Waals surface area contributed by atoms with Crippen molar-refractivity contribution in [3.05, 3.63) is 56.5 Å². The van der Waals surface area contributed by atoms with Crippen molar-refractivity contribution in [3.63, 3.8) is 0 Å². The number of hydrogen-bond donors (Lipinski definition) is 1. The minimum absolute atomic E-state index is 0.103. The fourth-order valence-electron chi connectivity index (χ4n) is 1.46. The lowest BCUT2D eigenvalue weighted by Crippen LogP contribution is -2.06. The van der Waals surface area contributed by atoms with E-state index in [1.807, 2.05) is 0 Å². The predicted octanol–water partition coefficient (Wildman–Crippen LogP) is 3.82. The molecular formula is C11H6F4N2O2S. The maximum Gasteiger partial charge on any atom is 0.324 e. The summed E-state index contributed by atoms with van der Waals surface area (Å²) in [6.07, 6.45) is 0. The molecule has 0 unspecified atom stereocenters. The summed E-state index contributed by atoms with van der Waals surface area (Å²) in [5.74, 6) is -6.14. The minimum Gasteiger partial charge on any atom is -0.375 e. The third kappa shape index (κ3) is 2.72. The van der Waals surface area contributed by atoms with E-state index < -0.39 is 33.9 Å². The van der Waals surface area contributed by atoms with Crippen molar-refractivity contribution in [2.24, 2.45) is 0 Å². The van der Waals surface area contributed by atoms with Gasteiger partial charge in [0.1, 0.15) is 5.69 Å². The fourth-order valence-corrected chi connectivity index (χ4v) is 2.22. The van der Waals surface area contributed by atoms with Gasteiger partial charge in [0.2, 0.25) is 0 Å². The van der Waals surface area contributed by atoms with E-state index in [1.54, 1.807) is 0 Å². The molecule has 106 valence electrons. The molecule has 1 N–H and O–H groups in total. The number of rotatable bonds is 4. The van der Waals surface area contributed by atoms with E-state index in [0.29, 0.717) is 4.88 Å². The molecule has 1 aromatic heterocycles. The summed E-state index contributed by atoms with van der Waals surface area (Å²) in [6, 6.07) is 2.70. The van der Waals surface area contributed by atoms with E-state index >= 15 is 0 Å². The molecule has 0 fully saturated rings. The number of thiophene rings is 1. The number of hydrogen-bond acceptors (Lipinski definition) is 4. The zero-order chi connectivity index (χ0) is 14.9. The van der Waals surface area contributed by atoms with Gasteiger partial charge in [0.05, 0.1) is 4.92 Å². The molecule has 0 bridgehead atoms. The minimum atomic E-state index is -1.55. The SMILES string of the molecule is O=[N+]([O-])c1ccc(CNc2c(F)c(F)cc(F)c2F)s1. The molecule has 9 heteroatoms. The smallest absolute Gasteiger partial charge is 0.324 e. The third-order valence-electron chi connectivity index (χ3n) is 2.38. The van der Waals surface area contributed by atoms with Crippen LogP contribution in [-0.2, 0) is 6.54 Å². The van der Waals surface area contributed by atoms with Crippen LogP contribution in [0.5, 0.6) is 0 Å². The maximum atomic E-state index is 13.3. The van der Waals surface area contributed by atoms with Gasteiger partial charge in [-0.1, -0.05) is 11.3 Å². The van der Waals surface area contributed by atoms with Crippen LogP contribution in [0.25, 0.3) is 0 Å². The Kier molecular flexibility index (Phi) is 3.89. The molecule has 0 radical (unpaired) electrons. The quantitative estimate of drug-likeness (QED) is 0.404. The highest BCUT2D eigenvalue weighted by atomic mass is 32.1. The Morgan fingerprint density at radius 2 is 1.75 bits per heavy atom. The summed E-state index contributed by atoms with van der Waals surface area (Å²) in [6.45, 7) is -0.199. The predicted molar refractivity (Wildman–Crippen MR) is 64.6 cm³/mol. The molecule has 1 heterocycles. The molecule has 0 aliphatic heterocycles. The van der Waals surface area contributed by atoms with Gasteiger partial charge in [-0.05, 0) is 6.07 Å². The molecule has 0 aliphatic carbocycles. The third-order valence-corrected chi connectivity index (χ3v) is 3.42. The Bertz CT molecular complexity index is 648. The Morgan fingerprint density at radius 3 is 2.25 bits per heavy atom. The number of halogens is 4. The average Bonchev–Trinajstić information content (AvgIpc) is 2.85. The summed E-state index contributed by atoms with van der Waals surface area (Å²) in [7, 11) is 0. The first-order valence-corrected chi connectivity index (χ1v) is 6.01. The zero-order valence-corrected chi connectivity index (χ0v) is 10.4. The number of nitrogens with one attached hydrogen (secondary N) is 1. The molecule has 4 nitrogen and oxygen atoms in total. The van der Waals surface area contributed by atoms with Crippen LogP contribution in [-0.4, -0.2) is 4.92 Å². The lowest BCUT2D eigenvalue weighted by atomic mass is 10.2. The van der Waals surface area contributed by atoms with Crippen molar-refractivity contribution in [1.29, 1.82) is 0 Å². The van der Waals surface area contributed by atoms with Gasteiger partial charge in [-0.2, -0.15) is 0 Å². The monoisotopic (exact) mass is 306 g/mol. The molecule has 2 rings (SSSR count). The first-order chi connectivity index (χ1) is 9.40. The van der Waals surface area contributed by atoms with Gasteiger partial charge < -0.3 is 5.32 Å². The molecule has 20 heavy (non-hydrogen) atoms. The number of anilines is 1. The lowest BCUT2D eigenvalue weighted by Gasteiger charge is -2.08. The Hall–Kier alpha value is -2.16. The lowest BCUT2D eigenvalue weighted by molar-refractivity contribution is -0.380. The van der Waals surface area contributed by atoms with Crippen molar-refractivity contribution >= 4 is 22.0 Å². The van der Waals surface area contributed by atoms with E-state index in [2.05, 4.69) is 5.32 Å². The fraction of sp³-hybridized carbons (Fsp3) is 0.0909. The van der Waals surface area contributed by atoms with Crippen LogP contribution in [0.4, 0.5) is 28.3 Å². The average molecular weight is 306 g/mol. The van der Waals surface area contributed by atoms with Gasteiger partial charge in [0.15, 0.2) is 23.3 Å². The maximum absolute atomic E-state index is 13.3. The van der Waals surface area contributed by atoms with Crippen molar-refractivity contribution in [3.8, 4) is 0 Å². The second-order valence-corrected chi connectivity index (χ2v) is 4.84. The van der Waals surface area contributed by atoms with Crippen LogP contribution in [0.1, 0.15) is 4.88 Å². The highest BCUT2D eigenvalue weighted by molar-refractivity contribution is 7.15. The molecule has 0 atom stereocenters. The molecule has 0 aliphatic rings. The van der Waals surface area contributed by atoms with Crippen molar-refractivity contribution in [1.82, 2.24) is 0 Å². The summed E-state index contributed by atoms with van der Waals surface area (Å²) >= 11 is 0.786. The second-order valence-electron chi connectivity index (χ2n) is 3.69. The van der Waals surface area contributed by atoms with Crippen LogP contribution in [0.15, 0.2) is 18.2 Å². The van der Waals surface area contributed by atoms with Gasteiger partial charge in [-0.25, -0.2) is 17.6 Å². The largest absolute Gasteiger partial charge is 0.375 e.